The van der Waals surface area contributed by atoms with Crippen LogP contribution >= 0.6 is 25.3 Å². The molecule has 79 heavy (non-hydrogen) atoms. The SMILES string of the molecule is CCCC[C@H](NC(=O)[C@@H](N)CCCN=C(N)N)C(=O)N[C@@H](CS)C(=O)N[C@@H](CCCNC(N)=O)C(=O)N[C@@H](Cc1ccccc1)C(=O)N[C@@H](CCCN=C(N)N)C(=O)N[C@@H](Cc1c[nH]c2ccccc12)C(=O)N[C@@H](CS)C(=O)O. The van der Waals surface area contributed by atoms with Crippen molar-refractivity contribution in [2.24, 2.45) is 44.4 Å². The fraction of sp³-hybridized carbons (Fsp3) is 0.500. The van der Waals surface area contributed by atoms with Crippen LogP contribution in [-0.2, 0) is 51.2 Å². The van der Waals surface area contributed by atoms with Gasteiger partial charge < -0.3 is 87.0 Å². The van der Waals surface area contributed by atoms with E-state index in [0.29, 0.717) is 30.4 Å². The van der Waals surface area contributed by atoms with Gasteiger partial charge in [-0.05, 0) is 62.1 Å². The lowest BCUT2D eigenvalue weighted by atomic mass is 10.0. The molecule has 0 spiro atoms. The van der Waals surface area contributed by atoms with Gasteiger partial charge in [-0.25, -0.2) is 9.59 Å². The van der Waals surface area contributed by atoms with Gasteiger partial charge in [0.05, 0.1) is 6.04 Å². The predicted octanol–water partition coefficient (Wildman–Crippen LogP) is -2.64. The Balaban J connectivity index is 1.96. The lowest BCUT2D eigenvalue weighted by Crippen LogP contribution is -2.61. The number of amides is 9. The summed E-state index contributed by atoms with van der Waals surface area (Å²) in [5.41, 5.74) is 35.2. The summed E-state index contributed by atoms with van der Waals surface area (Å²) in [4.78, 5) is 133. The molecule has 22 N–H and O–H groups in total. The van der Waals surface area contributed by atoms with E-state index in [-0.39, 0.29) is 94.4 Å². The maximum Gasteiger partial charge on any atom is 0.327 e. The Morgan fingerprint density at radius 2 is 0.987 bits per heavy atom. The van der Waals surface area contributed by atoms with Gasteiger partial charge in [-0.15, -0.1) is 0 Å². The van der Waals surface area contributed by atoms with Crippen LogP contribution in [0.25, 0.3) is 10.9 Å². The van der Waals surface area contributed by atoms with E-state index in [2.05, 4.69) is 82.8 Å². The second-order valence-electron chi connectivity index (χ2n) is 18.5. The molecular weight excluding hydrogens is 1060 g/mol. The highest BCUT2D eigenvalue weighted by molar-refractivity contribution is 7.80. The molecule has 2 aromatic carbocycles. The minimum Gasteiger partial charge on any atom is -0.480 e. The topological polar surface area (TPSA) is 467 Å². The zero-order chi connectivity index (χ0) is 58.4. The molecular formula is C50H77N17O10S2. The number of aliphatic imine (C=N–C) groups is 2. The molecule has 1 aromatic heterocycles. The minimum atomic E-state index is -1.44. The molecule has 3 aromatic rings. The fourth-order valence-electron chi connectivity index (χ4n) is 7.97. The number of guanidine groups is 2. The van der Waals surface area contributed by atoms with Gasteiger partial charge in [-0.1, -0.05) is 68.3 Å². The summed E-state index contributed by atoms with van der Waals surface area (Å²) < 4.78 is 0. The summed E-state index contributed by atoms with van der Waals surface area (Å²) in [5, 5.41) is 31.3. The molecule has 1 heterocycles. The summed E-state index contributed by atoms with van der Waals surface area (Å²) in [6, 6.07) is 4.36. The smallest absolute Gasteiger partial charge is 0.327 e. The molecule has 434 valence electrons. The van der Waals surface area contributed by atoms with Gasteiger partial charge in [-0.3, -0.25) is 43.5 Å². The first-order valence-corrected chi connectivity index (χ1v) is 27.0. The number of H-pyrrole nitrogens is 1. The van der Waals surface area contributed by atoms with E-state index in [1.807, 2.05) is 13.0 Å². The highest BCUT2D eigenvalue weighted by atomic mass is 32.1. The summed E-state index contributed by atoms with van der Waals surface area (Å²) in [7, 11) is 0. The molecule has 29 heteroatoms. The van der Waals surface area contributed by atoms with Crippen molar-refractivity contribution in [3.8, 4) is 0 Å². The van der Waals surface area contributed by atoms with E-state index in [1.54, 1.807) is 54.7 Å². The van der Waals surface area contributed by atoms with Gasteiger partial charge in [0.15, 0.2) is 11.9 Å². The van der Waals surface area contributed by atoms with Crippen molar-refractivity contribution >= 4 is 101 Å². The maximum atomic E-state index is 14.6. The van der Waals surface area contributed by atoms with Crippen molar-refractivity contribution < 1.29 is 48.3 Å². The summed E-state index contributed by atoms with van der Waals surface area (Å²) in [6.45, 7) is 2.13. The van der Waals surface area contributed by atoms with Crippen LogP contribution in [0.4, 0.5) is 4.79 Å². The monoisotopic (exact) mass is 1140 g/mol. The number of aromatic nitrogens is 1. The number of nitrogens with one attached hydrogen (secondary N) is 9. The molecule has 0 radical (unpaired) electrons. The van der Waals surface area contributed by atoms with E-state index < -0.39 is 102 Å². The number of carbonyl (C=O) groups excluding carboxylic acids is 8. The normalized spacial score (nSPS) is 14.0. The first kappa shape index (κ1) is 65.5. The number of hydrogen-bond donors (Lipinski definition) is 18. The quantitative estimate of drug-likeness (QED) is 0.0123. The van der Waals surface area contributed by atoms with Gasteiger partial charge in [-0.2, -0.15) is 25.3 Å². The van der Waals surface area contributed by atoms with Crippen molar-refractivity contribution in [1.29, 1.82) is 0 Å². The van der Waals surface area contributed by atoms with Crippen molar-refractivity contribution in [2.75, 3.05) is 31.1 Å². The highest BCUT2D eigenvalue weighted by Crippen LogP contribution is 2.20. The van der Waals surface area contributed by atoms with Crippen LogP contribution in [0.3, 0.4) is 0 Å². The van der Waals surface area contributed by atoms with Gasteiger partial charge in [0.1, 0.15) is 42.3 Å². The molecule has 9 amide bonds. The number of unbranched alkanes of at least 4 members (excludes halogenated alkanes) is 1. The Morgan fingerprint density at radius 3 is 1.52 bits per heavy atom. The average molecular weight is 1140 g/mol. The van der Waals surface area contributed by atoms with Crippen LogP contribution < -0.4 is 76.9 Å². The standard InChI is InChI=1S/C50H77N17O10S2/c1-2-3-16-33(61-40(68)31(51)15-9-20-57-48(52)53)43(71)66-38(26-78)46(74)63-35(19-11-22-59-50(56)77)41(69)64-36(23-28-12-5-4-6-13-28)44(72)62-34(18-10-21-58-49(54)55)42(70)65-37(45(73)67-39(27-79)47(75)76)24-29-25-60-32-17-8-7-14-30(29)32/h4-8,12-14,17,25,31,33-39,60,78-79H,2-3,9-11,15-16,18-24,26-27,51H2,1H3,(H,61,68)(H,62,72)(H,63,74)(H,64,69)(H,65,70)(H,66,71)(H,67,73)(H,75,76)(H4,52,53,57)(H4,54,55,58)(H3,56,59,77)/t31-,33-,34-,35-,36-,37-,38-,39-/m0/s1. The number of aromatic amines is 1. The third-order valence-corrected chi connectivity index (χ3v) is 13.0. The number of nitrogens with zero attached hydrogens (tertiary/aromatic N) is 2. The van der Waals surface area contributed by atoms with E-state index in [9.17, 15) is 48.3 Å². The number of hydrogen-bond acceptors (Lipinski definition) is 14. The number of fused-ring (bicyclic) bond motifs is 1. The molecule has 8 atom stereocenters. The number of carbonyl (C=O) groups is 9. The Bertz CT molecular complexity index is 2560. The molecule has 0 bridgehead atoms. The number of primary amides is 1. The Morgan fingerprint density at radius 1 is 0.544 bits per heavy atom. The van der Waals surface area contributed by atoms with Crippen molar-refractivity contribution in [2.45, 2.75) is 126 Å². The molecule has 0 aliphatic carbocycles. The molecule has 0 aliphatic rings. The average Bonchev–Trinajstić information content (AvgIpc) is 3.83. The number of rotatable bonds is 36. The first-order chi connectivity index (χ1) is 37.7. The highest BCUT2D eigenvalue weighted by Gasteiger charge is 2.35. The van der Waals surface area contributed by atoms with E-state index in [0.717, 1.165) is 10.9 Å². The third kappa shape index (κ3) is 23.8. The van der Waals surface area contributed by atoms with E-state index >= 15 is 0 Å². The molecule has 0 aliphatic heterocycles. The molecule has 0 saturated carbocycles. The largest absolute Gasteiger partial charge is 0.480 e. The number of thiol groups is 2. The lowest BCUT2D eigenvalue weighted by Gasteiger charge is -2.28. The molecule has 0 unspecified atom stereocenters. The maximum absolute atomic E-state index is 14.6. The molecule has 27 nitrogen and oxygen atoms in total. The number of urea groups is 1. The van der Waals surface area contributed by atoms with Crippen LogP contribution in [0.1, 0.15) is 75.8 Å². The second-order valence-corrected chi connectivity index (χ2v) is 19.2. The molecule has 0 saturated heterocycles. The summed E-state index contributed by atoms with van der Waals surface area (Å²) >= 11 is 8.37. The number of benzene rings is 2. The summed E-state index contributed by atoms with van der Waals surface area (Å²) in [6.07, 6.45) is 3.35. The Kier molecular flexibility index (Phi) is 28.9. The minimum absolute atomic E-state index is 0.0214. The van der Waals surface area contributed by atoms with E-state index in [1.165, 1.54) is 0 Å². The number of carboxylic acid groups (broad SMARTS) is 1. The molecule has 0 fully saturated rings. The van der Waals surface area contributed by atoms with Crippen molar-refractivity contribution in [1.82, 2.24) is 47.5 Å². The number of para-hydroxylation sites is 1. The van der Waals surface area contributed by atoms with Gasteiger partial charge in [0.25, 0.3) is 0 Å². The Hall–Kier alpha value is -7.79. The lowest BCUT2D eigenvalue weighted by molar-refractivity contribution is -0.141. The van der Waals surface area contributed by atoms with Crippen LogP contribution in [0.15, 0.2) is 70.8 Å². The van der Waals surface area contributed by atoms with Gasteiger partial charge >= 0.3 is 12.0 Å². The number of aliphatic carboxylic acids is 1. The van der Waals surface area contributed by atoms with Crippen molar-refractivity contribution in [3.63, 3.8) is 0 Å². The zero-order valence-corrected chi connectivity index (χ0v) is 45.9. The van der Waals surface area contributed by atoms with Crippen LogP contribution in [0.5, 0.6) is 0 Å². The van der Waals surface area contributed by atoms with Crippen LogP contribution in [-0.4, -0.2) is 155 Å². The fourth-order valence-corrected chi connectivity index (χ4v) is 8.47. The zero-order valence-electron chi connectivity index (χ0n) is 44.1. The predicted molar refractivity (Wildman–Crippen MR) is 305 cm³/mol. The van der Waals surface area contributed by atoms with Gasteiger partial charge in [0.2, 0.25) is 41.4 Å². The number of nitrogens with two attached hydrogens (primary N) is 6. The molecule has 3 rings (SSSR count). The van der Waals surface area contributed by atoms with Crippen molar-refractivity contribution in [3.05, 3.63) is 71.9 Å². The van der Waals surface area contributed by atoms with Gasteiger partial charge in [0, 0.05) is 61.1 Å². The van der Waals surface area contributed by atoms with E-state index in [4.69, 9.17) is 34.4 Å². The second kappa shape index (κ2) is 34.9. The van der Waals surface area contributed by atoms with Crippen LogP contribution in [0, 0.1) is 0 Å². The third-order valence-electron chi connectivity index (χ3n) is 12.2. The summed E-state index contributed by atoms with van der Waals surface area (Å²) in [5.74, 6) is -7.89. The first-order valence-electron chi connectivity index (χ1n) is 25.7. The number of carboxylic acids is 1. The van der Waals surface area contributed by atoms with Crippen LogP contribution in [0.2, 0.25) is 0 Å². The Labute approximate surface area is 468 Å².